The van der Waals surface area contributed by atoms with Gasteiger partial charge in [0.1, 0.15) is 0 Å². The number of ether oxygens (including phenoxy) is 1. The van der Waals surface area contributed by atoms with E-state index in [2.05, 4.69) is 328 Å². The van der Waals surface area contributed by atoms with E-state index in [1.807, 2.05) is 36.4 Å². The predicted octanol–water partition coefficient (Wildman–Crippen LogP) is 7.47. The topological polar surface area (TPSA) is 46.5 Å². The number of carbonyl (C=O) groups is 1. The predicted molar refractivity (Wildman–Crippen MR) is 351 cm³/mol. The quantitative estimate of drug-likeness (QED) is 0.0718. The van der Waals surface area contributed by atoms with E-state index in [4.69, 9.17) is 4.74 Å². The van der Waals surface area contributed by atoms with Crippen molar-refractivity contribution in [2.45, 2.75) is 7.03 Å². The van der Waals surface area contributed by atoms with Gasteiger partial charge in [0.15, 0.2) is 0 Å². The van der Waals surface area contributed by atoms with Crippen LogP contribution >= 0.6 is 0 Å². The van der Waals surface area contributed by atoms with Gasteiger partial charge in [0.2, 0.25) is 0 Å². The van der Waals surface area contributed by atoms with Crippen LogP contribution in [0.4, 0.5) is 0 Å². The molecule has 396 valence electrons. The molecule has 0 heterocycles. The van der Waals surface area contributed by atoms with Crippen molar-refractivity contribution in [1.82, 2.24) is 0 Å². The van der Waals surface area contributed by atoms with Crippen LogP contribution < -0.4 is 52.8 Å². The van der Waals surface area contributed by atoms with E-state index in [0.717, 1.165) is 52.8 Å². The van der Waals surface area contributed by atoms with Crippen molar-refractivity contribution in [3.8, 4) is 0 Å². The molecule has 0 aromatic heterocycles. The van der Waals surface area contributed by atoms with E-state index in [9.17, 15) is 0 Å². The summed E-state index contributed by atoms with van der Waals surface area (Å²) in [7, 11) is 0. The van der Waals surface area contributed by atoms with Crippen molar-refractivity contribution < 1.29 is 14.6 Å². The molecule has 82 heavy (non-hydrogen) atoms. The monoisotopic (exact) mass is 1310 g/mol. The summed E-state index contributed by atoms with van der Waals surface area (Å²) in [6.07, 6.45) is 0. The zero-order valence-electron chi connectivity index (χ0n) is 45.5. The molecule has 1 N–H and O–H groups in total. The summed E-state index contributed by atoms with van der Waals surface area (Å²) >= 11 is -20.3. The van der Waals surface area contributed by atoms with E-state index < -0.39 is 66.1 Å². The maximum atomic E-state index is 19.2. The van der Waals surface area contributed by atoms with Crippen molar-refractivity contribution >= 4 is 112 Å². The molecule has 0 fully saturated rings. The molecule has 0 radical (unpaired) electrons. The van der Waals surface area contributed by atoms with Gasteiger partial charge in [-0.15, -0.1) is 0 Å². The van der Waals surface area contributed by atoms with Crippen LogP contribution in [-0.2, 0) is 9.53 Å². The summed E-state index contributed by atoms with van der Waals surface area (Å²) < 4.78 is 18.2. The second-order valence-electron chi connectivity index (χ2n) is 21.0. The molecule has 12 aromatic rings. The zero-order valence-corrected chi connectivity index (χ0v) is 53.9. The molecule has 0 aliphatic rings. The molecule has 0 amide bonds. The Labute approximate surface area is 493 Å². The molecule has 0 bridgehead atoms. The van der Waals surface area contributed by atoms with E-state index in [0.29, 0.717) is 0 Å². The number of esters is 1. The van der Waals surface area contributed by atoms with Crippen molar-refractivity contribution in [3.63, 3.8) is 0 Å². The van der Waals surface area contributed by atoms with Crippen molar-refractivity contribution in [2.24, 2.45) is 0 Å². The molecule has 0 aliphatic heterocycles. The Hall–Kier alpha value is -7.76. The molecular weight excluding hydrogens is 1240 g/mol. The Morgan fingerprint density at radius 3 is 0.524 bits per heavy atom. The molecule has 12 aromatic carbocycles. The number of benzene rings is 12. The van der Waals surface area contributed by atoms with Crippen molar-refractivity contribution in [2.75, 3.05) is 0 Å². The first-order valence-electron chi connectivity index (χ1n) is 28.1. The number of carbonyl (C=O) groups excluding carboxylic acids is 1. The van der Waals surface area contributed by atoms with Crippen LogP contribution in [0.25, 0.3) is 0 Å². The maximum absolute atomic E-state index is 19.2. The van der Waals surface area contributed by atoms with Crippen LogP contribution in [0.5, 0.6) is 0 Å². The molecule has 12 rings (SSSR count). The molecule has 7 heteroatoms. The van der Waals surface area contributed by atoms with E-state index in [1.165, 1.54) is 0 Å². The third kappa shape index (κ3) is 9.14. The Balaban J connectivity index is 1.35. The van der Waals surface area contributed by atoms with Gasteiger partial charge in [0.25, 0.3) is 0 Å². The summed E-state index contributed by atoms with van der Waals surface area (Å²) in [4.78, 5) is 19.2. The first-order chi connectivity index (χ1) is 40.5. The minimum atomic E-state index is -5.33. The van der Waals surface area contributed by atoms with Gasteiger partial charge in [0, 0.05) is 0 Å². The van der Waals surface area contributed by atoms with Crippen LogP contribution in [0.1, 0.15) is 0 Å². The van der Waals surface area contributed by atoms with Gasteiger partial charge in [0.05, 0.1) is 0 Å². The van der Waals surface area contributed by atoms with Gasteiger partial charge in [-0.3, -0.25) is 0 Å². The van der Waals surface area contributed by atoms with Gasteiger partial charge in [-0.05, 0) is 0 Å². The van der Waals surface area contributed by atoms with Crippen LogP contribution in [0.2, 0.25) is 0 Å². The number of aliphatic hydroxyl groups is 1. The molecule has 0 unspecified atom stereocenters. The van der Waals surface area contributed by atoms with E-state index in [1.54, 1.807) is 0 Å². The summed E-state index contributed by atoms with van der Waals surface area (Å²) in [5.74, 6) is -0.596. The van der Waals surface area contributed by atoms with E-state index in [-0.39, 0.29) is 0 Å². The second-order valence-corrected chi connectivity index (χ2v) is 58.6. The second kappa shape index (κ2) is 24.4. The number of hydrogen-bond acceptors (Lipinski definition) is 3. The average molecular weight is 1300 g/mol. The molecule has 0 saturated carbocycles. The molecule has 0 saturated heterocycles. The number of hydrogen-bond donors (Lipinski definition) is 1. The fraction of sp³-hybridized carbons (Fsp3) is 0.0267. The summed E-state index contributed by atoms with van der Waals surface area (Å²) in [5, 5.41) is 17.0. The van der Waals surface area contributed by atoms with Gasteiger partial charge < -0.3 is 0 Å². The normalized spacial score (nSPS) is 12.1. The Morgan fingerprint density at radius 1 is 0.244 bits per heavy atom. The Morgan fingerprint density at radius 2 is 0.378 bits per heavy atom. The SMILES string of the molecule is O=C(O[CH]([Ge]([c]1ccccc1)([c]1ccccc1)[c]1ccccc1)[Ge]([c]1ccccc1)([c]1ccccc1)[c]1ccccc1)[C](O)([Ge]([c]1ccccc1)([c]1ccccc1)[c]1ccccc1)[Ge]([c]1ccccc1)([c]1ccccc1)[c]1ccccc1. The summed E-state index contributed by atoms with van der Waals surface area (Å²) in [5.41, 5.74) is 0. The molecule has 3 nitrogen and oxygen atoms in total. The van der Waals surface area contributed by atoms with Gasteiger partial charge >= 0.3 is 497 Å². The van der Waals surface area contributed by atoms with Crippen LogP contribution in [0.3, 0.4) is 0 Å². The summed E-state index contributed by atoms with van der Waals surface area (Å²) in [6, 6.07) is 129. The van der Waals surface area contributed by atoms with Crippen LogP contribution in [0.15, 0.2) is 364 Å². The van der Waals surface area contributed by atoms with Crippen LogP contribution in [-0.4, -0.2) is 71.2 Å². The Bertz CT molecular complexity index is 3310. The first kappa shape index (κ1) is 54.8. The van der Waals surface area contributed by atoms with Gasteiger partial charge in [-0.1, -0.05) is 0 Å². The fourth-order valence-electron chi connectivity index (χ4n) is 13.8. The standard InChI is InChI=1S/C75H62Ge4O3/c80-73(75(81,78(67-49-25-7-26-50-67,68-51-27-8-28-52-68)69-53-29-9-30-54-69)79(70-55-31-10-32-56-70,71-57-33-11-34-58-71)72-59-35-12-36-60-72)82-74(76(61-37-13-1-14-38-61,62-39-15-2-16-40-62)63-41-17-3-18-42-63)77(64-43-19-4-20-44-64,65-45-21-5-22-46-65)66-47-23-6-24-48-66/h1-60,74,81H. The van der Waals surface area contributed by atoms with Gasteiger partial charge in [-0.25, -0.2) is 0 Å². The average Bonchev–Trinajstić information content (AvgIpc) is 1.97. The fourth-order valence-corrected chi connectivity index (χ4v) is 87.8. The Kier molecular flexibility index (Phi) is 16.3. The van der Waals surface area contributed by atoms with Crippen LogP contribution in [0, 0.1) is 0 Å². The minimum absolute atomic E-state index is 0.596. The van der Waals surface area contributed by atoms with Gasteiger partial charge in [-0.2, -0.15) is 0 Å². The third-order valence-corrected chi connectivity index (χ3v) is 74.6. The van der Waals surface area contributed by atoms with E-state index >= 15 is 9.90 Å². The zero-order chi connectivity index (χ0) is 55.7. The molecule has 0 aliphatic carbocycles. The molecule has 0 spiro atoms. The molecule has 0 atom stereocenters. The van der Waals surface area contributed by atoms with Crippen molar-refractivity contribution in [1.29, 1.82) is 0 Å². The summed E-state index contributed by atoms with van der Waals surface area (Å²) in [6.45, 7) is 0. The number of rotatable bonds is 18. The molecular formula is C75H62Ge4O3. The first-order valence-corrected chi connectivity index (χ1v) is 45.2. The van der Waals surface area contributed by atoms with Crippen molar-refractivity contribution in [3.05, 3.63) is 364 Å². The third-order valence-electron chi connectivity index (χ3n) is 17.0.